The van der Waals surface area contributed by atoms with E-state index >= 15 is 0 Å². The lowest BCUT2D eigenvalue weighted by Crippen LogP contribution is -2.31. The van der Waals surface area contributed by atoms with Crippen molar-refractivity contribution in [2.24, 2.45) is 0 Å². The number of carbonyl (C=O) groups excluding carboxylic acids is 2. The van der Waals surface area contributed by atoms with Crippen LogP contribution < -0.4 is 4.90 Å². The average molecular weight is 288 g/mol. The third kappa shape index (κ3) is 3.28. The zero-order valence-corrected chi connectivity index (χ0v) is 12.1. The number of rotatable bonds is 4. The maximum Gasteiger partial charge on any atom is 0.344 e. The maximum absolute atomic E-state index is 12.0. The Morgan fingerprint density at radius 2 is 1.90 bits per heavy atom. The summed E-state index contributed by atoms with van der Waals surface area (Å²) in [5.41, 5.74) is 1.45. The number of ether oxygens (including phenoxy) is 1. The minimum Gasteiger partial charge on any atom is -0.452 e. The lowest BCUT2D eigenvalue weighted by Gasteiger charge is -2.16. The first-order valence-corrected chi connectivity index (χ1v) is 6.42. The number of amides is 1. The zero-order chi connectivity index (χ0) is 15.4. The van der Waals surface area contributed by atoms with Gasteiger partial charge in [0.2, 0.25) is 0 Å². The Morgan fingerprint density at radius 3 is 2.48 bits per heavy atom. The second-order valence-electron chi connectivity index (χ2n) is 4.56. The van der Waals surface area contributed by atoms with Gasteiger partial charge in [-0.2, -0.15) is 0 Å². The largest absolute Gasteiger partial charge is 0.452 e. The molecule has 0 saturated carbocycles. The average Bonchev–Trinajstić information content (AvgIpc) is 2.83. The molecule has 0 unspecified atom stereocenters. The van der Waals surface area contributed by atoms with Gasteiger partial charge in [-0.15, -0.1) is 0 Å². The number of aryl methyl sites for hydroxylation is 2. The van der Waals surface area contributed by atoms with Crippen LogP contribution in [-0.4, -0.2) is 30.7 Å². The fourth-order valence-corrected chi connectivity index (χ4v) is 1.87. The molecule has 1 amide bonds. The van der Waals surface area contributed by atoms with E-state index in [0.717, 1.165) is 5.69 Å². The van der Waals surface area contributed by atoms with Crippen LogP contribution in [0.25, 0.3) is 0 Å². The number of para-hydroxylation sites is 1. The monoisotopic (exact) mass is 288 g/mol. The molecule has 0 saturated heterocycles. The molecule has 0 bridgehead atoms. The molecule has 1 aromatic carbocycles. The normalized spacial score (nSPS) is 10.2. The molecule has 1 aromatic heterocycles. The summed E-state index contributed by atoms with van der Waals surface area (Å²) in [5, 5.41) is 3.68. The Kier molecular flexibility index (Phi) is 4.37. The highest BCUT2D eigenvalue weighted by molar-refractivity contribution is 5.97. The van der Waals surface area contributed by atoms with Gasteiger partial charge in [0.15, 0.2) is 6.61 Å². The van der Waals surface area contributed by atoms with Gasteiger partial charge in [0, 0.05) is 12.7 Å². The summed E-state index contributed by atoms with van der Waals surface area (Å²) < 4.78 is 9.92. The number of benzene rings is 1. The molecule has 0 aliphatic carbocycles. The van der Waals surface area contributed by atoms with Crippen molar-refractivity contribution in [2.45, 2.75) is 13.8 Å². The highest BCUT2D eigenvalue weighted by atomic mass is 16.5. The summed E-state index contributed by atoms with van der Waals surface area (Å²) in [4.78, 5) is 25.3. The molecule has 0 N–H and O–H groups in total. The van der Waals surface area contributed by atoms with E-state index in [9.17, 15) is 9.59 Å². The van der Waals surface area contributed by atoms with Gasteiger partial charge in [-0.05, 0) is 26.0 Å². The Morgan fingerprint density at radius 1 is 1.24 bits per heavy atom. The van der Waals surface area contributed by atoms with Crippen LogP contribution in [0, 0.1) is 13.8 Å². The van der Waals surface area contributed by atoms with Crippen molar-refractivity contribution < 1.29 is 18.8 Å². The van der Waals surface area contributed by atoms with Gasteiger partial charge in [0.05, 0.1) is 5.69 Å². The number of hydrogen-bond acceptors (Lipinski definition) is 5. The fraction of sp³-hybridized carbons (Fsp3) is 0.267. The van der Waals surface area contributed by atoms with Gasteiger partial charge in [-0.25, -0.2) is 4.79 Å². The van der Waals surface area contributed by atoms with E-state index in [1.165, 1.54) is 4.90 Å². The smallest absolute Gasteiger partial charge is 0.344 e. The van der Waals surface area contributed by atoms with Crippen molar-refractivity contribution in [2.75, 3.05) is 18.6 Å². The van der Waals surface area contributed by atoms with Crippen molar-refractivity contribution >= 4 is 17.6 Å². The van der Waals surface area contributed by atoms with Gasteiger partial charge in [-0.3, -0.25) is 4.79 Å². The van der Waals surface area contributed by atoms with E-state index in [-0.39, 0.29) is 18.1 Å². The number of carbonyl (C=O) groups is 2. The van der Waals surface area contributed by atoms with E-state index in [2.05, 4.69) is 5.16 Å². The molecule has 2 aromatic rings. The number of aromatic nitrogens is 1. The van der Waals surface area contributed by atoms with Crippen molar-refractivity contribution in [1.29, 1.82) is 0 Å². The van der Waals surface area contributed by atoms with Crippen LogP contribution >= 0.6 is 0 Å². The summed E-state index contributed by atoms with van der Waals surface area (Å²) in [7, 11) is 1.63. The van der Waals surface area contributed by atoms with Gasteiger partial charge in [0.1, 0.15) is 11.3 Å². The zero-order valence-electron chi connectivity index (χ0n) is 12.1. The number of likely N-dealkylation sites (N-methyl/N-ethyl adjacent to an activating group) is 1. The van der Waals surface area contributed by atoms with Gasteiger partial charge in [0.25, 0.3) is 5.91 Å². The van der Waals surface area contributed by atoms with E-state index in [4.69, 9.17) is 9.26 Å². The van der Waals surface area contributed by atoms with Crippen molar-refractivity contribution in [3.8, 4) is 0 Å². The quantitative estimate of drug-likeness (QED) is 0.806. The van der Waals surface area contributed by atoms with Gasteiger partial charge < -0.3 is 14.2 Å². The van der Waals surface area contributed by atoms with Gasteiger partial charge >= 0.3 is 5.97 Å². The van der Waals surface area contributed by atoms with Crippen LogP contribution in [0.2, 0.25) is 0 Å². The van der Waals surface area contributed by atoms with Crippen LogP contribution in [-0.2, 0) is 9.53 Å². The lowest BCUT2D eigenvalue weighted by molar-refractivity contribution is -0.121. The van der Waals surface area contributed by atoms with Crippen LogP contribution in [0.15, 0.2) is 34.9 Å². The van der Waals surface area contributed by atoms with E-state index in [1.807, 2.05) is 18.2 Å². The lowest BCUT2D eigenvalue weighted by atomic mass is 10.2. The molecule has 2 rings (SSSR count). The molecule has 0 radical (unpaired) electrons. The summed E-state index contributed by atoms with van der Waals surface area (Å²) >= 11 is 0. The fourth-order valence-electron chi connectivity index (χ4n) is 1.87. The van der Waals surface area contributed by atoms with E-state index < -0.39 is 5.97 Å². The summed E-state index contributed by atoms with van der Waals surface area (Å²) in [5.74, 6) is -0.552. The molecular weight excluding hydrogens is 272 g/mol. The molecule has 0 aliphatic rings. The molecule has 6 heteroatoms. The molecule has 1 heterocycles. The highest BCUT2D eigenvalue weighted by Gasteiger charge is 2.21. The topological polar surface area (TPSA) is 72.6 Å². The second-order valence-corrected chi connectivity index (χ2v) is 4.56. The Balaban J connectivity index is 1.97. The number of anilines is 1. The number of nitrogens with zero attached hydrogens (tertiary/aromatic N) is 2. The minimum absolute atomic E-state index is 0.269. The molecular formula is C15H16N2O4. The molecule has 6 nitrogen and oxygen atoms in total. The highest BCUT2D eigenvalue weighted by Crippen LogP contribution is 2.14. The van der Waals surface area contributed by atoms with Crippen molar-refractivity contribution in [1.82, 2.24) is 5.16 Å². The standard InChI is InChI=1S/C15H16N2O4/c1-10-14(11(2)21-16-10)15(19)20-9-13(18)17(3)12-7-5-4-6-8-12/h4-8H,9H2,1-3H3. The van der Waals surface area contributed by atoms with Crippen molar-refractivity contribution in [3.63, 3.8) is 0 Å². The first-order valence-electron chi connectivity index (χ1n) is 6.42. The molecule has 110 valence electrons. The van der Waals surface area contributed by atoms with Crippen molar-refractivity contribution in [3.05, 3.63) is 47.3 Å². The minimum atomic E-state index is -0.610. The predicted molar refractivity (Wildman–Crippen MR) is 76.1 cm³/mol. The third-order valence-electron chi connectivity index (χ3n) is 3.08. The summed E-state index contributed by atoms with van der Waals surface area (Å²) in [6, 6.07) is 9.12. The number of esters is 1. The van der Waals surface area contributed by atoms with Crippen LogP contribution in [0.5, 0.6) is 0 Å². The SMILES string of the molecule is Cc1noc(C)c1C(=O)OCC(=O)N(C)c1ccccc1. The van der Waals surface area contributed by atoms with Crippen LogP contribution in [0.3, 0.4) is 0 Å². The third-order valence-corrected chi connectivity index (χ3v) is 3.08. The summed E-state index contributed by atoms with van der Waals surface area (Å²) in [6.45, 7) is 2.92. The first kappa shape index (κ1) is 14.8. The molecule has 0 atom stereocenters. The maximum atomic E-state index is 12.0. The second kappa shape index (κ2) is 6.21. The van der Waals surface area contributed by atoms with Gasteiger partial charge in [-0.1, -0.05) is 23.4 Å². The van der Waals surface area contributed by atoms with E-state index in [0.29, 0.717) is 11.5 Å². The predicted octanol–water partition coefficient (Wildman–Crippen LogP) is 2.11. The molecule has 21 heavy (non-hydrogen) atoms. The summed E-state index contributed by atoms with van der Waals surface area (Å²) in [6.07, 6.45) is 0. The first-order chi connectivity index (χ1) is 10.0. The van der Waals surface area contributed by atoms with E-state index in [1.54, 1.807) is 33.0 Å². The molecule has 0 spiro atoms. The Hall–Kier alpha value is -2.63. The van der Waals surface area contributed by atoms with Crippen LogP contribution in [0.1, 0.15) is 21.8 Å². The Bertz CT molecular complexity index is 629. The van der Waals surface area contributed by atoms with Crippen LogP contribution in [0.4, 0.5) is 5.69 Å². The molecule has 0 fully saturated rings. The number of hydrogen-bond donors (Lipinski definition) is 0. The molecule has 0 aliphatic heterocycles. The Labute approximate surface area is 122 Å².